The summed E-state index contributed by atoms with van der Waals surface area (Å²) >= 11 is 0. The summed E-state index contributed by atoms with van der Waals surface area (Å²) in [5.41, 5.74) is 2.30. The molecule has 12 atom stereocenters. The highest BCUT2D eigenvalue weighted by molar-refractivity contribution is 5.88. The molecule has 3 heterocycles. The molecule has 4 rings (SSSR count). The van der Waals surface area contributed by atoms with Crippen LogP contribution in [0.1, 0.15) is 86.6 Å². The van der Waals surface area contributed by atoms with Crippen molar-refractivity contribution in [3.05, 3.63) is 41.5 Å². The topological polar surface area (TPSA) is 145 Å². The number of hydrazine groups is 1. The molecule has 0 bridgehead atoms. The molecule has 0 aliphatic carbocycles. The minimum absolute atomic E-state index is 0.107. The van der Waals surface area contributed by atoms with Gasteiger partial charge in [0.15, 0.2) is 11.9 Å². The number of benzene rings is 1. The normalized spacial score (nSPS) is 37.9. The van der Waals surface area contributed by atoms with Crippen molar-refractivity contribution >= 4 is 17.8 Å². The third-order valence-corrected chi connectivity index (χ3v) is 11.8. The molecular formula is C41H65N3O10. The molecule has 2 saturated heterocycles. The number of carbonyl (C=O) groups excluding carboxylic acids is 3. The third-order valence-electron chi connectivity index (χ3n) is 11.8. The standard InChI is InChI=1S/C41H65N3O10/c1-13-32-41(8)35(44(39(48)54-41)42-20-14-15-29-16-18-30(49-11)19-17-29)28(6)33(45)26(4)23-40(7,50-12)36(24(2)21-25(3)37(47)52-32)53-38-34(46)31(43(9)10)22-27(5)51-38/h16-19,21,24,26-28,31-32,34-36,38,42,46H,13-15,20,22-23H2,1-12H3/b25-21+/t24-,26+,27+,28-,31-,32+,34+,35+,36+,38-,40+,41+/m0/s1. The molecule has 1 aromatic rings. The fourth-order valence-corrected chi connectivity index (χ4v) is 8.72. The van der Waals surface area contributed by atoms with E-state index in [1.807, 2.05) is 77.9 Å². The maximum absolute atomic E-state index is 14.6. The number of Topliss-reactive ketones (excluding diaryl/α,β-unsaturated/α-hetero) is 1. The average molecular weight is 760 g/mol. The molecule has 304 valence electrons. The van der Waals surface area contributed by atoms with Crippen LogP contribution in [0.25, 0.3) is 0 Å². The summed E-state index contributed by atoms with van der Waals surface area (Å²) in [4.78, 5) is 44.1. The molecule has 1 aromatic carbocycles. The van der Waals surface area contributed by atoms with E-state index in [1.165, 1.54) is 5.01 Å². The minimum Gasteiger partial charge on any atom is -0.497 e. The van der Waals surface area contributed by atoms with Crippen LogP contribution in [0.5, 0.6) is 5.75 Å². The lowest BCUT2D eigenvalue weighted by Gasteiger charge is -2.46. The first-order valence-corrected chi connectivity index (χ1v) is 19.4. The Morgan fingerprint density at radius 3 is 2.31 bits per heavy atom. The smallest absolute Gasteiger partial charge is 0.425 e. The lowest BCUT2D eigenvalue weighted by molar-refractivity contribution is -0.294. The zero-order chi connectivity index (χ0) is 40.1. The van der Waals surface area contributed by atoms with Gasteiger partial charge in [-0.1, -0.05) is 45.9 Å². The number of hydrogen-bond acceptors (Lipinski definition) is 12. The van der Waals surface area contributed by atoms with Crippen LogP contribution in [0.2, 0.25) is 0 Å². The Morgan fingerprint density at radius 1 is 1.06 bits per heavy atom. The molecule has 0 unspecified atom stereocenters. The first kappa shape index (κ1) is 43.7. The Hall–Kier alpha value is -3.07. The van der Waals surface area contributed by atoms with Crippen molar-refractivity contribution in [1.29, 1.82) is 0 Å². The number of esters is 1. The largest absolute Gasteiger partial charge is 0.497 e. The summed E-state index contributed by atoms with van der Waals surface area (Å²) in [5, 5.41) is 12.8. The molecule has 13 nitrogen and oxygen atoms in total. The van der Waals surface area contributed by atoms with Crippen molar-refractivity contribution in [3.8, 4) is 5.75 Å². The van der Waals surface area contributed by atoms with Crippen LogP contribution >= 0.6 is 0 Å². The van der Waals surface area contributed by atoms with Gasteiger partial charge in [0.1, 0.15) is 29.8 Å². The number of aliphatic hydroxyl groups excluding tert-OH is 1. The molecular weight excluding hydrogens is 694 g/mol. The Morgan fingerprint density at radius 2 is 1.72 bits per heavy atom. The number of ether oxygens (including phenoxy) is 6. The molecule has 2 N–H and O–H groups in total. The minimum atomic E-state index is -1.35. The lowest BCUT2D eigenvalue weighted by Crippen LogP contribution is -2.60. The fraction of sp³-hybridized carbons (Fsp3) is 0.732. The zero-order valence-corrected chi connectivity index (χ0v) is 34.4. The third kappa shape index (κ3) is 9.47. The number of ketones is 1. The predicted octanol–water partition coefficient (Wildman–Crippen LogP) is 5.08. The lowest BCUT2D eigenvalue weighted by atomic mass is 9.74. The van der Waals surface area contributed by atoms with Gasteiger partial charge in [0.05, 0.1) is 24.9 Å². The van der Waals surface area contributed by atoms with Gasteiger partial charge in [-0.3, -0.25) is 4.79 Å². The van der Waals surface area contributed by atoms with E-state index in [-0.39, 0.29) is 24.3 Å². The van der Waals surface area contributed by atoms with Gasteiger partial charge in [-0.05, 0) is 91.6 Å². The van der Waals surface area contributed by atoms with E-state index in [9.17, 15) is 19.5 Å². The number of likely N-dealkylation sites (N-methyl/N-ethyl adjacent to an activating group) is 1. The second-order valence-corrected chi connectivity index (χ2v) is 16.2. The summed E-state index contributed by atoms with van der Waals surface area (Å²) in [6.45, 7) is 15.1. The Balaban J connectivity index is 1.68. The molecule has 13 heteroatoms. The molecule has 0 aromatic heterocycles. The molecule has 3 aliphatic rings. The number of aryl methyl sites for hydroxylation is 1. The van der Waals surface area contributed by atoms with Crippen molar-refractivity contribution < 1.29 is 47.9 Å². The van der Waals surface area contributed by atoms with Crippen LogP contribution in [0, 0.1) is 17.8 Å². The second-order valence-electron chi connectivity index (χ2n) is 16.2. The zero-order valence-electron chi connectivity index (χ0n) is 34.4. The number of fused-ring (bicyclic) bond motifs is 1. The molecule has 2 fully saturated rings. The summed E-state index contributed by atoms with van der Waals surface area (Å²) in [6, 6.07) is 6.83. The highest BCUT2D eigenvalue weighted by Crippen LogP contribution is 2.42. The van der Waals surface area contributed by atoms with E-state index in [0.29, 0.717) is 31.4 Å². The van der Waals surface area contributed by atoms with E-state index < -0.39 is 71.7 Å². The van der Waals surface area contributed by atoms with Crippen LogP contribution in [-0.4, -0.2) is 122 Å². The quantitative estimate of drug-likeness (QED) is 0.229. The number of amides is 1. The van der Waals surface area contributed by atoms with Crippen LogP contribution in [0.15, 0.2) is 35.9 Å². The predicted molar refractivity (Wildman–Crippen MR) is 204 cm³/mol. The van der Waals surface area contributed by atoms with Gasteiger partial charge in [-0.2, -0.15) is 0 Å². The Kier molecular flexibility index (Phi) is 14.8. The molecule has 1 amide bonds. The Bertz CT molecular complexity index is 1470. The summed E-state index contributed by atoms with van der Waals surface area (Å²) in [7, 11) is 7.03. The van der Waals surface area contributed by atoms with Crippen molar-refractivity contribution in [2.24, 2.45) is 17.8 Å². The van der Waals surface area contributed by atoms with Crippen LogP contribution in [0.4, 0.5) is 4.79 Å². The number of rotatable bonds is 11. The van der Waals surface area contributed by atoms with Gasteiger partial charge in [0.25, 0.3) is 0 Å². The van der Waals surface area contributed by atoms with E-state index in [4.69, 9.17) is 28.4 Å². The van der Waals surface area contributed by atoms with Crippen molar-refractivity contribution in [2.45, 2.75) is 141 Å². The van der Waals surface area contributed by atoms with Gasteiger partial charge >= 0.3 is 12.1 Å². The maximum atomic E-state index is 14.6. The Labute approximate surface area is 321 Å². The molecule has 0 radical (unpaired) electrons. The van der Waals surface area contributed by atoms with E-state index in [2.05, 4.69) is 5.43 Å². The van der Waals surface area contributed by atoms with Gasteiger partial charge < -0.3 is 38.4 Å². The second kappa shape index (κ2) is 18.3. The van der Waals surface area contributed by atoms with Gasteiger partial charge in [0.2, 0.25) is 0 Å². The van der Waals surface area contributed by atoms with E-state index in [1.54, 1.807) is 41.1 Å². The summed E-state index contributed by atoms with van der Waals surface area (Å²) < 4.78 is 36.7. The number of hydrogen-bond donors (Lipinski definition) is 2. The van der Waals surface area contributed by atoms with E-state index >= 15 is 0 Å². The molecule has 0 saturated carbocycles. The van der Waals surface area contributed by atoms with Crippen LogP contribution < -0.4 is 10.2 Å². The summed E-state index contributed by atoms with van der Waals surface area (Å²) in [5.74, 6) is -1.64. The van der Waals surface area contributed by atoms with Crippen molar-refractivity contribution in [2.75, 3.05) is 34.9 Å². The van der Waals surface area contributed by atoms with Crippen molar-refractivity contribution in [3.63, 3.8) is 0 Å². The van der Waals surface area contributed by atoms with Crippen molar-refractivity contribution in [1.82, 2.24) is 15.3 Å². The van der Waals surface area contributed by atoms with Crippen LogP contribution in [0.3, 0.4) is 0 Å². The average Bonchev–Trinajstić information content (AvgIpc) is 3.39. The van der Waals surface area contributed by atoms with Gasteiger partial charge in [0, 0.05) is 43.0 Å². The number of cyclic esters (lactones) is 1. The number of carbonyl (C=O) groups is 3. The summed E-state index contributed by atoms with van der Waals surface area (Å²) in [6.07, 6.45) is 0.0851. The number of nitrogens with one attached hydrogen (secondary N) is 1. The monoisotopic (exact) mass is 759 g/mol. The number of methoxy groups -OCH3 is 2. The number of nitrogens with zero attached hydrogens (tertiary/aromatic N) is 2. The maximum Gasteiger partial charge on any atom is 0.425 e. The molecule has 0 spiro atoms. The fourth-order valence-electron chi connectivity index (χ4n) is 8.72. The highest BCUT2D eigenvalue weighted by Gasteiger charge is 2.60. The van der Waals surface area contributed by atoms with Crippen LogP contribution in [-0.2, 0) is 39.7 Å². The molecule has 3 aliphatic heterocycles. The number of aliphatic hydroxyl groups is 1. The van der Waals surface area contributed by atoms with Gasteiger partial charge in [-0.15, -0.1) is 0 Å². The SMILES string of the molecule is CC[C@H]1OC(=O)/C(C)=C/[C@H](C)[C@@H](O[C@@H]2O[C@H](C)C[C@H](N(C)C)[C@H]2O)[C@](C)(OC)C[C@@H](C)C(=O)[C@H](C)[C@H]2N(NCCCc3ccc(OC)cc3)C(=O)O[C@]12C. The highest BCUT2D eigenvalue weighted by atomic mass is 16.7. The first-order valence-electron chi connectivity index (χ1n) is 19.4. The first-order chi connectivity index (χ1) is 25.4. The van der Waals surface area contributed by atoms with Gasteiger partial charge in [-0.25, -0.2) is 20.0 Å². The van der Waals surface area contributed by atoms with E-state index in [0.717, 1.165) is 17.7 Å². The molecule has 54 heavy (non-hydrogen) atoms.